The molecule has 0 atom stereocenters. The van der Waals surface area contributed by atoms with Crippen molar-refractivity contribution in [2.75, 3.05) is 20.7 Å². The van der Waals surface area contributed by atoms with Crippen molar-refractivity contribution in [1.29, 1.82) is 5.26 Å². The Bertz CT molecular complexity index is 765. The zero-order chi connectivity index (χ0) is 21.8. The first-order valence-corrected chi connectivity index (χ1v) is 10.3. The fourth-order valence-corrected chi connectivity index (χ4v) is 3.93. The van der Waals surface area contributed by atoms with Crippen LogP contribution in [0.25, 0.3) is 0 Å². The standard InChI is InChI=1S/C22H31N5O3/c1-24-21(26-16-23)27-18-11-13-22(14-12-18,17-7-4-3-5-8-17)15-25-19(28)9-6-10-20(29)30-2/h3-5,7-8,18H,6,9-15H2,1-2H3,(H,25,28)(H2,24,26,27)/t18-,22-. The van der Waals surface area contributed by atoms with E-state index in [0.29, 0.717) is 25.3 Å². The molecule has 30 heavy (non-hydrogen) atoms. The zero-order valence-electron chi connectivity index (χ0n) is 17.7. The van der Waals surface area contributed by atoms with E-state index in [0.717, 1.165) is 25.7 Å². The number of benzene rings is 1. The van der Waals surface area contributed by atoms with Gasteiger partial charge in [0.25, 0.3) is 0 Å². The van der Waals surface area contributed by atoms with Gasteiger partial charge in [0.1, 0.15) is 0 Å². The Morgan fingerprint density at radius 3 is 2.53 bits per heavy atom. The third-order valence-electron chi connectivity index (χ3n) is 5.70. The molecule has 3 N–H and O–H groups in total. The number of nitrogens with one attached hydrogen (secondary N) is 3. The van der Waals surface area contributed by atoms with Crippen molar-refractivity contribution >= 4 is 17.8 Å². The molecular weight excluding hydrogens is 382 g/mol. The van der Waals surface area contributed by atoms with Crippen LogP contribution in [-0.2, 0) is 19.7 Å². The Morgan fingerprint density at radius 1 is 1.23 bits per heavy atom. The number of carbonyl (C=O) groups is 2. The first-order chi connectivity index (χ1) is 14.5. The predicted molar refractivity (Wildman–Crippen MR) is 114 cm³/mol. The Labute approximate surface area is 178 Å². The lowest BCUT2D eigenvalue weighted by Crippen LogP contribution is -2.49. The van der Waals surface area contributed by atoms with Gasteiger partial charge in [-0.2, -0.15) is 5.26 Å². The molecule has 0 unspecified atom stereocenters. The van der Waals surface area contributed by atoms with Gasteiger partial charge in [-0.25, -0.2) is 0 Å². The van der Waals surface area contributed by atoms with Gasteiger partial charge in [0, 0.05) is 37.9 Å². The number of ether oxygens (including phenoxy) is 1. The van der Waals surface area contributed by atoms with Gasteiger partial charge < -0.3 is 20.7 Å². The maximum atomic E-state index is 12.3. The number of nitriles is 1. The molecule has 1 aromatic rings. The van der Waals surface area contributed by atoms with Crippen LogP contribution in [0.2, 0.25) is 0 Å². The summed E-state index contributed by atoms with van der Waals surface area (Å²) in [5.41, 5.74) is 1.08. The highest BCUT2D eigenvalue weighted by atomic mass is 16.5. The molecule has 0 saturated heterocycles. The first-order valence-electron chi connectivity index (χ1n) is 10.3. The zero-order valence-corrected chi connectivity index (χ0v) is 17.7. The second kappa shape index (κ2) is 11.8. The highest BCUT2D eigenvalue weighted by Crippen LogP contribution is 2.39. The van der Waals surface area contributed by atoms with Crippen LogP contribution >= 0.6 is 0 Å². The Balaban J connectivity index is 1.98. The summed E-state index contributed by atoms with van der Waals surface area (Å²) >= 11 is 0. The third kappa shape index (κ3) is 6.76. The lowest BCUT2D eigenvalue weighted by molar-refractivity contribution is -0.140. The van der Waals surface area contributed by atoms with Crippen LogP contribution < -0.4 is 16.0 Å². The minimum absolute atomic E-state index is 0.0481. The van der Waals surface area contributed by atoms with Gasteiger partial charge in [0.15, 0.2) is 0 Å². The van der Waals surface area contributed by atoms with Gasteiger partial charge in [-0.15, -0.1) is 4.99 Å². The second-order valence-corrected chi connectivity index (χ2v) is 7.58. The quantitative estimate of drug-likeness (QED) is 0.260. The Hall–Kier alpha value is -3.08. The number of aliphatic imine (C=N–C) groups is 1. The number of rotatable bonds is 8. The van der Waals surface area contributed by atoms with Crippen LogP contribution in [0.1, 0.15) is 50.5 Å². The largest absolute Gasteiger partial charge is 0.469 e. The van der Waals surface area contributed by atoms with Crippen LogP contribution in [0, 0.1) is 11.5 Å². The number of nitrogens with zero attached hydrogens (tertiary/aromatic N) is 2. The Kier molecular flexibility index (Phi) is 9.13. The molecule has 0 aliphatic heterocycles. The molecule has 8 nitrogen and oxygen atoms in total. The smallest absolute Gasteiger partial charge is 0.305 e. The van der Waals surface area contributed by atoms with E-state index in [-0.39, 0.29) is 29.8 Å². The van der Waals surface area contributed by atoms with Gasteiger partial charge in [-0.3, -0.25) is 9.59 Å². The molecule has 1 aromatic carbocycles. The van der Waals surface area contributed by atoms with Crippen molar-refractivity contribution in [3.63, 3.8) is 0 Å². The van der Waals surface area contributed by atoms with Gasteiger partial charge in [-0.05, 0) is 37.7 Å². The monoisotopic (exact) mass is 413 g/mol. The van der Waals surface area contributed by atoms with E-state index in [1.807, 2.05) is 18.2 Å². The molecule has 0 spiro atoms. The lowest BCUT2D eigenvalue weighted by atomic mass is 9.68. The van der Waals surface area contributed by atoms with Gasteiger partial charge >= 0.3 is 5.97 Å². The number of amides is 1. The molecule has 0 radical (unpaired) electrons. The van der Waals surface area contributed by atoms with Gasteiger partial charge in [0.05, 0.1) is 7.11 Å². The first kappa shape index (κ1) is 23.2. The molecule has 0 aromatic heterocycles. The maximum Gasteiger partial charge on any atom is 0.305 e. The predicted octanol–water partition coefficient (Wildman–Crippen LogP) is 1.97. The summed E-state index contributed by atoms with van der Waals surface area (Å²) in [7, 11) is 3.08. The van der Waals surface area contributed by atoms with E-state index in [9.17, 15) is 9.59 Å². The van der Waals surface area contributed by atoms with Gasteiger partial charge in [0.2, 0.25) is 18.1 Å². The molecule has 0 bridgehead atoms. The average molecular weight is 414 g/mol. The van der Waals surface area contributed by atoms with E-state index in [1.54, 1.807) is 13.2 Å². The van der Waals surface area contributed by atoms with Crippen LogP contribution in [-0.4, -0.2) is 44.6 Å². The van der Waals surface area contributed by atoms with Crippen molar-refractivity contribution in [3.8, 4) is 6.19 Å². The summed E-state index contributed by atoms with van der Waals surface area (Å²) < 4.78 is 4.61. The second-order valence-electron chi connectivity index (χ2n) is 7.58. The van der Waals surface area contributed by atoms with Crippen molar-refractivity contribution < 1.29 is 14.3 Å². The summed E-state index contributed by atoms with van der Waals surface area (Å²) in [5.74, 6) is 0.136. The van der Waals surface area contributed by atoms with E-state index in [1.165, 1.54) is 12.7 Å². The van der Waals surface area contributed by atoms with E-state index in [2.05, 4.69) is 37.8 Å². The SMILES string of the molecule is CN/C(=N\C#N)N[C@H]1CC[C@](CNC(=O)CCCC(=O)OC)(c2ccccc2)CC1. The average Bonchev–Trinajstić information content (AvgIpc) is 2.78. The van der Waals surface area contributed by atoms with Crippen molar-refractivity contribution in [2.24, 2.45) is 4.99 Å². The minimum atomic E-state index is -0.296. The molecule has 0 heterocycles. The van der Waals surface area contributed by atoms with E-state index < -0.39 is 0 Å². The highest BCUT2D eigenvalue weighted by molar-refractivity contribution is 5.80. The number of carbonyl (C=O) groups excluding carboxylic acids is 2. The lowest BCUT2D eigenvalue weighted by Gasteiger charge is -2.41. The summed E-state index contributed by atoms with van der Waals surface area (Å²) in [6, 6.07) is 10.5. The maximum absolute atomic E-state index is 12.3. The number of hydrogen-bond acceptors (Lipinski definition) is 5. The fourth-order valence-electron chi connectivity index (χ4n) is 3.93. The summed E-state index contributed by atoms with van der Waals surface area (Å²) in [6.07, 6.45) is 6.44. The number of esters is 1. The normalized spacial score (nSPS) is 21.2. The minimum Gasteiger partial charge on any atom is -0.469 e. The molecular formula is C22H31N5O3. The van der Waals surface area contributed by atoms with Crippen LogP contribution in [0.5, 0.6) is 0 Å². The molecule has 8 heteroatoms. The Morgan fingerprint density at radius 2 is 1.93 bits per heavy atom. The molecule has 1 aliphatic carbocycles. The molecule has 1 saturated carbocycles. The van der Waals surface area contributed by atoms with Crippen molar-refractivity contribution in [3.05, 3.63) is 35.9 Å². The molecule has 1 aliphatic rings. The molecule has 1 fully saturated rings. The topological polar surface area (TPSA) is 116 Å². The van der Waals surface area contributed by atoms with Crippen LogP contribution in [0.15, 0.2) is 35.3 Å². The molecule has 2 rings (SSSR count). The summed E-state index contributed by atoms with van der Waals surface area (Å²) in [5, 5.41) is 18.0. The van der Waals surface area contributed by atoms with Crippen LogP contribution in [0.4, 0.5) is 0 Å². The highest BCUT2D eigenvalue weighted by Gasteiger charge is 2.37. The number of guanidine groups is 1. The van der Waals surface area contributed by atoms with Crippen molar-refractivity contribution in [1.82, 2.24) is 16.0 Å². The van der Waals surface area contributed by atoms with E-state index in [4.69, 9.17) is 5.26 Å². The molecule has 162 valence electrons. The van der Waals surface area contributed by atoms with Crippen molar-refractivity contribution in [2.45, 2.75) is 56.4 Å². The van der Waals surface area contributed by atoms with E-state index >= 15 is 0 Å². The molecule has 1 amide bonds. The van der Waals surface area contributed by atoms with Crippen LogP contribution in [0.3, 0.4) is 0 Å². The third-order valence-corrected chi connectivity index (χ3v) is 5.70. The summed E-state index contributed by atoms with van der Waals surface area (Å²) in [6.45, 7) is 0.561. The number of hydrogen-bond donors (Lipinski definition) is 3. The fraction of sp³-hybridized carbons (Fsp3) is 0.545. The van der Waals surface area contributed by atoms with Gasteiger partial charge in [-0.1, -0.05) is 30.3 Å². The summed E-state index contributed by atoms with van der Waals surface area (Å²) in [4.78, 5) is 27.3. The number of methoxy groups -OCH3 is 1.